The number of benzene rings is 1. The topological polar surface area (TPSA) is 50.9 Å². The first-order valence-electron chi connectivity index (χ1n) is 3.62. The second kappa shape index (κ2) is 3.06. The van der Waals surface area contributed by atoms with E-state index in [1.807, 2.05) is 0 Å². The van der Waals surface area contributed by atoms with Crippen LogP contribution in [-0.4, -0.2) is 19.9 Å². The molecule has 4 nitrogen and oxygen atoms in total. The summed E-state index contributed by atoms with van der Waals surface area (Å²) in [6.07, 6.45) is 1.43. The van der Waals surface area contributed by atoms with Crippen molar-refractivity contribution in [1.82, 2.24) is 14.8 Å². The van der Waals surface area contributed by atoms with Crippen LogP contribution in [0.4, 0.5) is 0 Å². The van der Waals surface area contributed by atoms with E-state index in [1.165, 1.54) is 11.0 Å². The van der Waals surface area contributed by atoms with Crippen LogP contribution in [0.1, 0.15) is 0 Å². The second-order valence-electron chi connectivity index (χ2n) is 2.47. The van der Waals surface area contributed by atoms with Gasteiger partial charge in [0.05, 0.1) is 5.69 Å². The highest BCUT2D eigenvalue weighted by atomic mass is 35.5. The Kier molecular flexibility index (Phi) is 1.90. The molecule has 0 aliphatic heterocycles. The maximum atomic E-state index is 8.90. The summed E-state index contributed by atoms with van der Waals surface area (Å²) in [5, 5.41) is 13.3. The van der Waals surface area contributed by atoms with Crippen molar-refractivity contribution in [3.63, 3.8) is 0 Å². The van der Waals surface area contributed by atoms with Crippen LogP contribution < -0.4 is 0 Å². The van der Waals surface area contributed by atoms with E-state index in [4.69, 9.17) is 16.7 Å². The quantitative estimate of drug-likeness (QED) is 0.753. The molecule has 0 amide bonds. The van der Waals surface area contributed by atoms with Gasteiger partial charge in [0.2, 0.25) is 0 Å². The van der Waals surface area contributed by atoms with Crippen LogP contribution in [0.15, 0.2) is 30.6 Å². The van der Waals surface area contributed by atoms with Crippen LogP contribution in [0.2, 0.25) is 5.02 Å². The zero-order valence-corrected chi connectivity index (χ0v) is 7.31. The number of rotatable bonds is 1. The largest absolute Gasteiger partial charge is 0.478 e. The van der Waals surface area contributed by atoms with Crippen molar-refractivity contribution in [2.45, 2.75) is 0 Å². The van der Waals surface area contributed by atoms with Crippen molar-refractivity contribution in [1.29, 1.82) is 0 Å². The lowest BCUT2D eigenvalue weighted by Crippen LogP contribution is -1.92. The van der Waals surface area contributed by atoms with Gasteiger partial charge >= 0.3 is 6.01 Å². The highest BCUT2D eigenvalue weighted by molar-refractivity contribution is 6.30. The molecule has 0 aliphatic rings. The third kappa shape index (κ3) is 1.62. The van der Waals surface area contributed by atoms with Crippen molar-refractivity contribution in [2.24, 2.45) is 0 Å². The van der Waals surface area contributed by atoms with Gasteiger partial charge < -0.3 is 5.11 Å². The molecule has 1 aromatic heterocycles. The van der Waals surface area contributed by atoms with Gasteiger partial charge in [0.1, 0.15) is 6.33 Å². The minimum Gasteiger partial charge on any atom is -0.478 e. The van der Waals surface area contributed by atoms with Crippen LogP contribution in [0, 0.1) is 0 Å². The van der Waals surface area contributed by atoms with Gasteiger partial charge in [-0.25, -0.2) is 4.68 Å². The van der Waals surface area contributed by atoms with Gasteiger partial charge in [0, 0.05) is 5.02 Å². The molecule has 2 aromatic rings. The lowest BCUT2D eigenvalue weighted by molar-refractivity contribution is 0.430. The first-order chi connectivity index (χ1) is 6.25. The van der Waals surface area contributed by atoms with E-state index >= 15 is 0 Å². The summed E-state index contributed by atoms with van der Waals surface area (Å²) in [7, 11) is 0. The number of aromatic hydroxyl groups is 1. The van der Waals surface area contributed by atoms with Crippen LogP contribution in [0.5, 0.6) is 6.01 Å². The maximum Gasteiger partial charge on any atom is 0.333 e. The summed E-state index contributed by atoms with van der Waals surface area (Å²) in [5.41, 5.74) is 0.803. The highest BCUT2D eigenvalue weighted by Crippen LogP contribution is 2.12. The maximum absolute atomic E-state index is 8.90. The predicted octanol–water partition coefficient (Wildman–Crippen LogP) is 1.63. The summed E-state index contributed by atoms with van der Waals surface area (Å²) >= 11 is 5.71. The van der Waals surface area contributed by atoms with Crippen molar-refractivity contribution < 1.29 is 5.11 Å². The lowest BCUT2D eigenvalue weighted by Gasteiger charge is -1.98. The molecule has 2 rings (SSSR count). The third-order valence-corrected chi connectivity index (χ3v) is 1.82. The number of hydrogen-bond acceptors (Lipinski definition) is 3. The average Bonchev–Trinajstić information content (AvgIpc) is 2.53. The van der Waals surface area contributed by atoms with Gasteiger partial charge in [-0.05, 0) is 24.3 Å². The van der Waals surface area contributed by atoms with Gasteiger partial charge in [-0.2, -0.15) is 4.98 Å². The molecule has 0 fully saturated rings. The Labute approximate surface area is 79.4 Å². The Morgan fingerprint density at radius 1 is 1.23 bits per heavy atom. The summed E-state index contributed by atoms with van der Waals surface area (Å²) in [6.45, 7) is 0. The highest BCUT2D eigenvalue weighted by Gasteiger charge is 1.99. The zero-order chi connectivity index (χ0) is 9.26. The first-order valence-corrected chi connectivity index (χ1v) is 4.00. The van der Waals surface area contributed by atoms with E-state index in [9.17, 15) is 0 Å². The molecule has 0 spiro atoms. The fourth-order valence-corrected chi connectivity index (χ4v) is 1.10. The molecule has 0 aliphatic carbocycles. The molecule has 66 valence electrons. The van der Waals surface area contributed by atoms with E-state index < -0.39 is 0 Å². The summed E-state index contributed by atoms with van der Waals surface area (Å²) in [4.78, 5) is 3.59. The third-order valence-electron chi connectivity index (χ3n) is 1.57. The standard InChI is InChI=1S/C8H6ClN3O/c9-6-1-3-7(4-2-6)12-5-10-8(13)11-12/h1-5H,(H,11,13). The molecule has 1 aromatic carbocycles. The molecule has 5 heteroatoms. The summed E-state index contributed by atoms with van der Waals surface area (Å²) < 4.78 is 1.46. The molecule has 0 unspecified atom stereocenters. The monoisotopic (exact) mass is 195 g/mol. The summed E-state index contributed by atoms with van der Waals surface area (Å²) in [5.74, 6) is 0. The van der Waals surface area contributed by atoms with E-state index in [0.717, 1.165) is 5.69 Å². The Morgan fingerprint density at radius 3 is 2.46 bits per heavy atom. The minimum atomic E-state index is -0.241. The number of nitrogens with zero attached hydrogens (tertiary/aromatic N) is 3. The fourth-order valence-electron chi connectivity index (χ4n) is 0.973. The molecular weight excluding hydrogens is 190 g/mol. The minimum absolute atomic E-state index is 0.241. The van der Waals surface area contributed by atoms with Crippen molar-refractivity contribution in [3.05, 3.63) is 35.6 Å². The van der Waals surface area contributed by atoms with Crippen molar-refractivity contribution >= 4 is 11.6 Å². The lowest BCUT2D eigenvalue weighted by atomic mass is 10.3. The number of hydrogen-bond donors (Lipinski definition) is 1. The van der Waals surface area contributed by atoms with E-state index in [2.05, 4.69) is 10.1 Å². The fraction of sp³-hybridized carbons (Fsp3) is 0. The Bertz CT molecular complexity index is 410. The van der Waals surface area contributed by atoms with Crippen LogP contribution in [-0.2, 0) is 0 Å². The zero-order valence-electron chi connectivity index (χ0n) is 6.55. The molecule has 0 saturated heterocycles. The van der Waals surface area contributed by atoms with E-state index in [1.54, 1.807) is 24.3 Å². The van der Waals surface area contributed by atoms with Gasteiger partial charge in [-0.15, -0.1) is 5.10 Å². The Hall–Kier alpha value is -1.55. The molecule has 1 heterocycles. The smallest absolute Gasteiger partial charge is 0.333 e. The molecular formula is C8H6ClN3O. The van der Waals surface area contributed by atoms with Crippen LogP contribution in [0.25, 0.3) is 5.69 Å². The van der Waals surface area contributed by atoms with Gasteiger partial charge in [0.25, 0.3) is 0 Å². The van der Waals surface area contributed by atoms with Crippen molar-refractivity contribution in [2.75, 3.05) is 0 Å². The van der Waals surface area contributed by atoms with E-state index in [0.29, 0.717) is 5.02 Å². The van der Waals surface area contributed by atoms with Crippen LogP contribution >= 0.6 is 11.6 Å². The van der Waals surface area contributed by atoms with Gasteiger partial charge in [0.15, 0.2) is 0 Å². The Morgan fingerprint density at radius 2 is 1.92 bits per heavy atom. The van der Waals surface area contributed by atoms with E-state index in [-0.39, 0.29) is 6.01 Å². The second-order valence-corrected chi connectivity index (χ2v) is 2.90. The normalized spacial score (nSPS) is 10.2. The van der Waals surface area contributed by atoms with Gasteiger partial charge in [-0.3, -0.25) is 0 Å². The molecule has 1 N–H and O–H groups in total. The average molecular weight is 196 g/mol. The number of halogens is 1. The molecule has 0 bridgehead atoms. The molecule has 0 saturated carbocycles. The number of aromatic nitrogens is 3. The molecule has 13 heavy (non-hydrogen) atoms. The summed E-state index contributed by atoms with van der Waals surface area (Å²) in [6, 6.07) is 6.83. The molecule has 0 radical (unpaired) electrons. The predicted molar refractivity (Wildman–Crippen MR) is 48.0 cm³/mol. The van der Waals surface area contributed by atoms with Crippen LogP contribution in [0.3, 0.4) is 0 Å². The SMILES string of the molecule is Oc1ncn(-c2ccc(Cl)cc2)n1. The molecule has 0 atom stereocenters. The first kappa shape index (κ1) is 8.07. The van der Waals surface area contributed by atoms with Crippen molar-refractivity contribution in [3.8, 4) is 11.7 Å². The Balaban J connectivity index is 2.41. The van der Waals surface area contributed by atoms with Gasteiger partial charge in [-0.1, -0.05) is 11.6 Å².